The highest BCUT2D eigenvalue weighted by Crippen LogP contribution is 2.31. The van der Waals surface area contributed by atoms with Crippen LogP contribution in [0, 0.1) is 13.8 Å². The van der Waals surface area contributed by atoms with Crippen molar-refractivity contribution in [1.29, 1.82) is 0 Å². The third-order valence-electron chi connectivity index (χ3n) is 4.93. The molecule has 0 atom stereocenters. The minimum Gasteiger partial charge on any atom is -0.467 e. The van der Waals surface area contributed by atoms with Gasteiger partial charge in [-0.2, -0.15) is 0 Å². The topological polar surface area (TPSA) is 74.3 Å². The van der Waals surface area contributed by atoms with Crippen molar-refractivity contribution < 1.29 is 13.9 Å². The Morgan fingerprint density at radius 3 is 2.83 bits per heavy atom. The first-order valence-electron chi connectivity index (χ1n) is 9.27. The van der Waals surface area contributed by atoms with Gasteiger partial charge in [0, 0.05) is 10.9 Å². The number of carbonyl (C=O) groups excluding carboxylic acids is 1. The number of esters is 1. The lowest BCUT2D eigenvalue weighted by molar-refractivity contribution is 0.0523. The number of thiophene rings is 1. The van der Waals surface area contributed by atoms with Gasteiger partial charge in [-0.25, -0.2) is 9.78 Å². The summed E-state index contributed by atoms with van der Waals surface area (Å²) in [6, 6.07) is 7.71. The van der Waals surface area contributed by atoms with Crippen molar-refractivity contribution in [3.8, 4) is 11.1 Å². The first-order valence-corrected chi connectivity index (χ1v) is 10.1. The Hall–Kier alpha value is -3.19. The molecule has 0 unspecified atom stereocenters. The van der Waals surface area contributed by atoms with E-state index in [4.69, 9.17) is 9.15 Å². The number of hydrogen-bond acceptors (Lipinski definition) is 6. The molecule has 1 aromatic carbocycles. The fraction of sp³-hybridized carbons (Fsp3) is 0.227. The molecule has 0 aliphatic heterocycles. The van der Waals surface area contributed by atoms with Crippen LogP contribution in [0.15, 0.2) is 51.4 Å². The van der Waals surface area contributed by atoms with E-state index in [-0.39, 0.29) is 18.7 Å². The van der Waals surface area contributed by atoms with Crippen LogP contribution in [0.4, 0.5) is 0 Å². The summed E-state index contributed by atoms with van der Waals surface area (Å²) in [6.45, 7) is 6.22. The van der Waals surface area contributed by atoms with Crippen LogP contribution in [0.25, 0.3) is 21.3 Å². The van der Waals surface area contributed by atoms with Gasteiger partial charge in [0.25, 0.3) is 5.56 Å². The van der Waals surface area contributed by atoms with Gasteiger partial charge in [0.05, 0.1) is 31.1 Å². The van der Waals surface area contributed by atoms with Gasteiger partial charge in [-0.3, -0.25) is 9.36 Å². The summed E-state index contributed by atoms with van der Waals surface area (Å²) >= 11 is 1.44. The molecule has 3 heterocycles. The van der Waals surface area contributed by atoms with Crippen molar-refractivity contribution in [2.75, 3.05) is 6.61 Å². The molecule has 4 rings (SSSR count). The van der Waals surface area contributed by atoms with E-state index in [0.29, 0.717) is 21.5 Å². The maximum atomic E-state index is 13.2. The molecule has 7 heteroatoms. The second-order valence-corrected chi connectivity index (χ2v) is 7.64. The predicted octanol–water partition coefficient (Wildman–Crippen LogP) is 4.56. The van der Waals surface area contributed by atoms with Crippen LogP contribution in [-0.2, 0) is 11.3 Å². The Balaban J connectivity index is 1.77. The quantitative estimate of drug-likeness (QED) is 0.453. The second kappa shape index (κ2) is 7.67. The van der Waals surface area contributed by atoms with E-state index in [9.17, 15) is 9.59 Å². The molecule has 0 aliphatic rings. The van der Waals surface area contributed by atoms with E-state index in [0.717, 1.165) is 11.1 Å². The first kappa shape index (κ1) is 19.1. The molecule has 29 heavy (non-hydrogen) atoms. The Labute approximate surface area is 171 Å². The predicted molar refractivity (Wildman–Crippen MR) is 113 cm³/mol. The molecular weight excluding hydrogens is 388 g/mol. The molecule has 0 amide bonds. The van der Waals surface area contributed by atoms with E-state index in [1.54, 1.807) is 13.0 Å². The van der Waals surface area contributed by atoms with Gasteiger partial charge < -0.3 is 9.15 Å². The zero-order valence-electron chi connectivity index (χ0n) is 16.4. The third kappa shape index (κ3) is 3.49. The van der Waals surface area contributed by atoms with Crippen molar-refractivity contribution in [1.82, 2.24) is 9.55 Å². The van der Waals surface area contributed by atoms with Crippen LogP contribution < -0.4 is 5.56 Å². The minimum atomic E-state index is -0.468. The minimum absolute atomic E-state index is 0.102. The molecular formula is C22H20N2O4S. The lowest BCUT2D eigenvalue weighted by atomic mass is 10.0. The Morgan fingerprint density at radius 1 is 1.24 bits per heavy atom. The van der Waals surface area contributed by atoms with Crippen LogP contribution >= 0.6 is 11.3 Å². The van der Waals surface area contributed by atoms with Crippen LogP contribution in [0.2, 0.25) is 0 Å². The van der Waals surface area contributed by atoms with Gasteiger partial charge in [0.15, 0.2) is 0 Å². The second-order valence-electron chi connectivity index (χ2n) is 6.78. The highest BCUT2D eigenvalue weighted by Gasteiger charge is 2.19. The molecule has 0 spiro atoms. The summed E-state index contributed by atoms with van der Waals surface area (Å²) in [5, 5.41) is 2.54. The van der Waals surface area contributed by atoms with Crippen molar-refractivity contribution in [2.45, 2.75) is 27.3 Å². The van der Waals surface area contributed by atoms with Crippen molar-refractivity contribution in [3.05, 3.63) is 75.0 Å². The Morgan fingerprint density at radius 2 is 2.07 bits per heavy atom. The van der Waals surface area contributed by atoms with Gasteiger partial charge in [-0.15, -0.1) is 11.3 Å². The molecule has 4 aromatic rings. The van der Waals surface area contributed by atoms with Crippen molar-refractivity contribution >= 4 is 27.5 Å². The number of rotatable bonds is 5. The van der Waals surface area contributed by atoms with Gasteiger partial charge in [0.2, 0.25) is 0 Å². The van der Waals surface area contributed by atoms with Crippen molar-refractivity contribution in [3.63, 3.8) is 0 Å². The van der Waals surface area contributed by atoms with E-state index in [1.807, 2.05) is 11.4 Å². The highest BCUT2D eigenvalue weighted by atomic mass is 32.1. The standard InChI is InChI=1S/C22H20N2O4S/c1-4-27-22(26)16-7-8-28-18(16)10-24-12-23-20-19(21(24)25)17(11-29-20)15-6-5-13(2)14(3)9-15/h5-9,11-12H,4,10H2,1-3H3. The Bertz CT molecular complexity index is 1270. The van der Waals surface area contributed by atoms with E-state index in [2.05, 4.69) is 31.0 Å². The van der Waals surface area contributed by atoms with E-state index < -0.39 is 5.97 Å². The average Bonchev–Trinajstić information content (AvgIpc) is 3.34. The number of carbonyl (C=O) groups is 1. The molecule has 0 bridgehead atoms. The summed E-state index contributed by atoms with van der Waals surface area (Å²) in [5.74, 6) is -0.0978. The Kier molecular flexibility index (Phi) is 5.07. The number of ether oxygens (including phenoxy) is 1. The molecule has 6 nitrogen and oxygen atoms in total. The monoisotopic (exact) mass is 408 g/mol. The van der Waals surface area contributed by atoms with Gasteiger partial charge in [0.1, 0.15) is 16.2 Å². The maximum Gasteiger partial charge on any atom is 0.341 e. The fourth-order valence-electron chi connectivity index (χ4n) is 3.21. The number of fused-ring (bicyclic) bond motifs is 1. The molecule has 0 saturated heterocycles. The normalized spacial score (nSPS) is 11.1. The molecule has 0 radical (unpaired) electrons. The number of furan rings is 1. The number of nitrogens with zero attached hydrogens (tertiary/aromatic N) is 2. The zero-order chi connectivity index (χ0) is 20.5. The average molecular weight is 408 g/mol. The number of hydrogen-bond donors (Lipinski definition) is 0. The summed E-state index contributed by atoms with van der Waals surface area (Å²) in [6.07, 6.45) is 2.91. The summed E-state index contributed by atoms with van der Waals surface area (Å²) in [5.41, 5.74) is 4.37. The SMILES string of the molecule is CCOC(=O)c1ccoc1Cn1cnc2scc(-c3ccc(C)c(C)c3)c2c1=O. The fourth-order valence-corrected chi connectivity index (χ4v) is 4.12. The molecule has 0 saturated carbocycles. The molecule has 148 valence electrons. The summed E-state index contributed by atoms with van der Waals surface area (Å²) in [7, 11) is 0. The first-order chi connectivity index (χ1) is 14.0. The summed E-state index contributed by atoms with van der Waals surface area (Å²) in [4.78, 5) is 30.5. The van der Waals surface area contributed by atoms with Gasteiger partial charge >= 0.3 is 5.97 Å². The number of benzene rings is 1. The van der Waals surface area contributed by atoms with Crippen molar-refractivity contribution in [2.24, 2.45) is 0 Å². The van der Waals surface area contributed by atoms with E-state index in [1.165, 1.54) is 39.6 Å². The maximum absolute atomic E-state index is 13.2. The number of aryl methyl sites for hydroxylation is 2. The summed E-state index contributed by atoms with van der Waals surface area (Å²) < 4.78 is 12.0. The molecule has 0 fully saturated rings. The zero-order valence-corrected chi connectivity index (χ0v) is 17.2. The third-order valence-corrected chi connectivity index (χ3v) is 5.82. The number of aromatic nitrogens is 2. The van der Waals surface area contributed by atoms with Gasteiger partial charge in [-0.1, -0.05) is 18.2 Å². The van der Waals surface area contributed by atoms with Crippen LogP contribution in [0.1, 0.15) is 34.2 Å². The van der Waals surface area contributed by atoms with Crippen LogP contribution in [0.3, 0.4) is 0 Å². The molecule has 3 aromatic heterocycles. The lowest BCUT2D eigenvalue weighted by Gasteiger charge is -2.07. The van der Waals surface area contributed by atoms with Crippen LogP contribution in [-0.4, -0.2) is 22.1 Å². The van der Waals surface area contributed by atoms with Crippen LogP contribution in [0.5, 0.6) is 0 Å². The molecule has 0 aliphatic carbocycles. The van der Waals surface area contributed by atoms with E-state index >= 15 is 0 Å². The lowest BCUT2D eigenvalue weighted by Crippen LogP contribution is -2.21. The smallest absolute Gasteiger partial charge is 0.341 e. The highest BCUT2D eigenvalue weighted by molar-refractivity contribution is 7.17. The van der Waals surface area contributed by atoms with Gasteiger partial charge in [-0.05, 0) is 43.5 Å². The largest absolute Gasteiger partial charge is 0.467 e. The molecule has 0 N–H and O–H groups in total.